The van der Waals surface area contributed by atoms with Crippen molar-refractivity contribution in [2.45, 2.75) is 40.3 Å². The lowest BCUT2D eigenvalue weighted by atomic mass is 9.78. The molecule has 8 nitrogen and oxygen atoms in total. The molecule has 0 spiro atoms. The van der Waals surface area contributed by atoms with Crippen LogP contribution < -0.4 is 21.9 Å². The van der Waals surface area contributed by atoms with Gasteiger partial charge in [0.25, 0.3) is 0 Å². The predicted octanol–water partition coefficient (Wildman–Crippen LogP) is 3.43. The summed E-state index contributed by atoms with van der Waals surface area (Å²) in [7, 11) is -2.06. The molecule has 0 amide bonds. The molecular formula is C34H32B4ClF3O8. The third-order valence-electron chi connectivity index (χ3n) is 8.83. The fourth-order valence-corrected chi connectivity index (χ4v) is 6.46. The molecule has 0 bridgehead atoms. The highest BCUT2D eigenvalue weighted by Gasteiger charge is 2.35. The maximum Gasteiger partial charge on any atom is 0.494 e. The Morgan fingerprint density at radius 1 is 0.520 bits per heavy atom. The number of fused-ring (bicyclic) bond motifs is 4. The quantitative estimate of drug-likeness (QED) is 0.184. The van der Waals surface area contributed by atoms with E-state index in [4.69, 9.17) is 48.8 Å². The second-order valence-electron chi connectivity index (χ2n) is 12.4. The van der Waals surface area contributed by atoms with Crippen LogP contribution in [0, 0.1) is 31.3 Å². The molecule has 0 N–H and O–H groups in total. The SMILES string of the molecule is Cc1cc2c(cc1F)B(OCCOB1OCc3cc(F)c(F)cc31)OC2.Cc1ccc2c(c1)COB2OCCOB1OCc2cc(Cl)ccc21. The highest BCUT2D eigenvalue weighted by molar-refractivity contribution is 6.64. The van der Waals surface area contributed by atoms with E-state index >= 15 is 0 Å². The zero-order chi connectivity index (χ0) is 34.8. The van der Waals surface area contributed by atoms with E-state index < -0.39 is 25.9 Å². The fourth-order valence-electron chi connectivity index (χ4n) is 6.26. The van der Waals surface area contributed by atoms with Crippen LogP contribution in [0.5, 0.6) is 0 Å². The minimum atomic E-state index is -0.938. The number of benzene rings is 4. The third-order valence-corrected chi connectivity index (χ3v) is 9.06. The van der Waals surface area contributed by atoms with Gasteiger partial charge in [-0.3, -0.25) is 0 Å². The van der Waals surface area contributed by atoms with Gasteiger partial charge < -0.3 is 37.2 Å². The molecule has 50 heavy (non-hydrogen) atoms. The molecule has 256 valence electrons. The van der Waals surface area contributed by atoms with E-state index in [1.807, 2.05) is 18.2 Å². The number of hydrogen-bond donors (Lipinski definition) is 0. The molecular weight excluding hydrogens is 672 g/mol. The van der Waals surface area contributed by atoms with Crippen LogP contribution in [0.2, 0.25) is 5.02 Å². The van der Waals surface area contributed by atoms with Crippen molar-refractivity contribution >= 4 is 61.9 Å². The standard InChI is InChI=1S/C17H17B2ClO4.C17H15B2F3O4/c1-12-2-4-16-13(8-12)10-23-18(16)21-6-7-22-19-17-5-3-15(20)9-14(17)11-24-19;1-10-4-11-8-25-18(13(11)6-15(10)20)23-2-3-24-19-14-7-17(22)16(21)5-12(14)9-26-19/h2-5,8-9H,6-7,10-11H2,1H3;4-7H,2-3,8-9H2,1H3. The van der Waals surface area contributed by atoms with Gasteiger partial charge in [0, 0.05) is 5.02 Å². The number of hydrogen-bond acceptors (Lipinski definition) is 8. The lowest BCUT2D eigenvalue weighted by Gasteiger charge is -2.11. The molecule has 4 aromatic rings. The summed E-state index contributed by atoms with van der Waals surface area (Å²) in [5.74, 6) is -2.15. The van der Waals surface area contributed by atoms with Crippen LogP contribution in [-0.4, -0.2) is 54.9 Å². The Bertz CT molecular complexity index is 1740. The van der Waals surface area contributed by atoms with E-state index in [1.54, 1.807) is 13.0 Å². The minimum absolute atomic E-state index is 0.159. The summed E-state index contributed by atoms with van der Waals surface area (Å²) >= 11 is 5.99. The topological polar surface area (TPSA) is 73.8 Å². The van der Waals surface area contributed by atoms with Crippen LogP contribution in [-0.2, 0) is 63.7 Å². The fraction of sp³-hybridized carbons (Fsp3) is 0.294. The Labute approximate surface area is 295 Å². The summed E-state index contributed by atoms with van der Waals surface area (Å²) in [6.45, 7) is 6.66. The zero-order valence-electron chi connectivity index (χ0n) is 27.5. The van der Waals surface area contributed by atoms with Crippen molar-refractivity contribution in [2.24, 2.45) is 0 Å². The average Bonchev–Trinajstić information content (AvgIpc) is 3.88. The van der Waals surface area contributed by atoms with Gasteiger partial charge in [0.1, 0.15) is 5.82 Å². The molecule has 0 radical (unpaired) electrons. The molecule has 0 fully saturated rings. The Morgan fingerprint density at radius 2 is 0.940 bits per heavy atom. The number of halogens is 4. The molecule has 0 saturated heterocycles. The van der Waals surface area contributed by atoms with Crippen molar-refractivity contribution < 1.29 is 50.4 Å². The van der Waals surface area contributed by atoms with E-state index in [0.29, 0.717) is 60.1 Å². The first-order valence-electron chi connectivity index (χ1n) is 16.3. The summed E-state index contributed by atoms with van der Waals surface area (Å²) in [6, 6.07) is 17.4. The molecule has 0 aromatic heterocycles. The van der Waals surface area contributed by atoms with Gasteiger partial charge in [0.05, 0.1) is 52.9 Å². The molecule has 16 heteroatoms. The first kappa shape index (κ1) is 35.3. The van der Waals surface area contributed by atoms with Crippen LogP contribution in [0.4, 0.5) is 13.2 Å². The van der Waals surface area contributed by atoms with Crippen molar-refractivity contribution in [2.75, 3.05) is 26.4 Å². The molecule has 4 aliphatic heterocycles. The highest BCUT2D eigenvalue weighted by Crippen LogP contribution is 2.19. The Hall–Kier alpha value is -3.10. The molecule has 4 aromatic carbocycles. The molecule has 0 saturated carbocycles. The van der Waals surface area contributed by atoms with Crippen molar-refractivity contribution in [3.05, 3.63) is 117 Å². The van der Waals surface area contributed by atoms with Gasteiger partial charge in [-0.05, 0) is 93.8 Å². The van der Waals surface area contributed by atoms with E-state index in [0.717, 1.165) is 34.2 Å². The highest BCUT2D eigenvalue weighted by atomic mass is 35.5. The smallest absolute Gasteiger partial charge is 0.405 e. The average molecular weight is 704 g/mol. The lowest BCUT2D eigenvalue weighted by Crippen LogP contribution is -2.36. The number of rotatable bonds is 10. The molecule has 0 atom stereocenters. The Kier molecular flexibility index (Phi) is 11.0. The third kappa shape index (κ3) is 7.86. The molecule has 8 rings (SSSR count). The summed E-state index contributed by atoms with van der Waals surface area (Å²) < 4.78 is 85.4. The normalized spacial score (nSPS) is 15.6. The monoisotopic (exact) mass is 704 g/mol. The van der Waals surface area contributed by atoms with Gasteiger partial charge in [0.2, 0.25) is 0 Å². The van der Waals surface area contributed by atoms with Crippen molar-refractivity contribution in [3.63, 3.8) is 0 Å². The van der Waals surface area contributed by atoms with E-state index in [9.17, 15) is 13.2 Å². The van der Waals surface area contributed by atoms with Gasteiger partial charge in [-0.25, -0.2) is 13.2 Å². The second kappa shape index (κ2) is 15.6. The Morgan fingerprint density at radius 3 is 1.50 bits per heavy atom. The van der Waals surface area contributed by atoms with Crippen LogP contribution in [0.1, 0.15) is 33.4 Å². The molecule has 4 aliphatic rings. The minimum Gasteiger partial charge on any atom is -0.405 e. The van der Waals surface area contributed by atoms with Crippen molar-refractivity contribution in [1.29, 1.82) is 0 Å². The zero-order valence-corrected chi connectivity index (χ0v) is 28.3. The number of aryl methyl sites for hydroxylation is 2. The first-order valence-corrected chi connectivity index (χ1v) is 16.7. The largest absolute Gasteiger partial charge is 0.494 e. The van der Waals surface area contributed by atoms with Crippen LogP contribution >= 0.6 is 11.6 Å². The van der Waals surface area contributed by atoms with Gasteiger partial charge >= 0.3 is 28.5 Å². The summed E-state index contributed by atoms with van der Waals surface area (Å²) in [5, 5.41) is 0.716. The Balaban J connectivity index is 0.000000157. The van der Waals surface area contributed by atoms with Crippen LogP contribution in [0.25, 0.3) is 0 Å². The first-order chi connectivity index (χ1) is 24.2. The van der Waals surface area contributed by atoms with Crippen LogP contribution in [0.3, 0.4) is 0 Å². The van der Waals surface area contributed by atoms with Gasteiger partial charge in [-0.15, -0.1) is 0 Å². The molecule has 4 heterocycles. The lowest BCUT2D eigenvalue weighted by molar-refractivity contribution is 0.149. The summed E-state index contributed by atoms with van der Waals surface area (Å²) in [4.78, 5) is 0. The maximum absolute atomic E-state index is 13.7. The predicted molar refractivity (Wildman–Crippen MR) is 185 cm³/mol. The van der Waals surface area contributed by atoms with Crippen molar-refractivity contribution in [3.8, 4) is 0 Å². The molecule has 0 unspecified atom stereocenters. The summed E-state index contributed by atoms with van der Waals surface area (Å²) in [6.07, 6.45) is 0. The van der Waals surface area contributed by atoms with Crippen molar-refractivity contribution in [1.82, 2.24) is 0 Å². The van der Waals surface area contributed by atoms with Gasteiger partial charge in [-0.2, -0.15) is 0 Å². The van der Waals surface area contributed by atoms with Gasteiger partial charge in [0.15, 0.2) is 11.6 Å². The van der Waals surface area contributed by atoms with E-state index in [-0.39, 0.29) is 39.9 Å². The maximum atomic E-state index is 13.7. The van der Waals surface area contributed by atoms with Crippen LogP contribution in [0.15, 0.2) is 60.7 Å². The molecule has 0 aliphatic carbocycles. The van der Waals surface area contributed by atoms with E-state index in [2.05, 4.69) is 25.1 Å². The summed E-state index contributed by atoms with van der Waals surface area (Å²) in [5.41, 5.74) is 8.85. The van der Waals surface area contributed by atoms with E-state index in [1.165, 1.54) is 17.2 Å². The second-order valence-corrected chi connectivity index (χ2v) is 12.8. The van der Waals surface area contributed by atoms with Gasteiger partial charge in [-0.1, -0.05) is 47.5 Å².